The molecular formula is C10H9FO2. The third-order valence-electron chi connectivity index (χ3n) is 1.54. The maximum atomic E-state index is 13.0. The molecule has 0 aromatic heterocycles. The molecule has 1 aromatic carbocycles. The first kappa shape index (κ1) is 9.45. The molecule has 0 N–H and O–H groups in total. The molecule has 0 unspecified atom stereocenters. The van der Waals surface area contributed by atoms with Crippen molar-refractivity contribution in [2.24, 2.45) is 0 Å². The summed E-state index contributed by atoms with van der Waals surface area (Å²) >= 11 is 0. The maximum absolute atomic E-state index is 13.0. The van der Waals surface area contributed by atoms with Crippen molar-refractivity contribution < 1.29 is 13.9 Å². The third kappa shape index (κ3) is 2.40. The number of ether oxygens (including phenoxy) is 1. The molecule has 0 aliphatic heterocycles. The number of allylic oxidation sites excluding steroid dienone is 1. The number of rotatable bonds is 3. The number of halogens is 1. The van der Waals surface area contributed by atoms with E-state index in [4.69, 9.17) is 4.74 Å². The quantitative estimate of drug-likeness (QED) is 0.525. The van der Waals surface area contributed by atoms with E-state index in [9.17, 15) is 9.18 Å². The van der Waals surface area contributed by atoms with Gasteiger partial charge in [-0.05, 0) is 23.8 Å². The Hall–Kier alpha value is -1.64. The van der Waals surface area contributed by atoms with Gasteiger partial charge >= 0.3 is 0 Å². The molecule has 0 bridgehead atoms. The number of carbonyl (C=O) groups is 1. The number of hydrogen-bond donors (Lipinski definition) is 0. The third-order valence-corrected chi connectivity index (χ3v) is 1.54. The van der Waals surface area contributed by atoms with Crippen molar-refractivity contribution in [1.29, 1.82) is 0 Å². The molecule has 0 heterocycles. The lowest BCUT2D eigenvalue weighted by atomic mass is 10.2. The summed E-state index contributed by atoms with van der Waals surface area (Å²) in [5.74, 6) is -0.237. The summed E-state index contributed by atoms with van der Waals surface area (Å²) in [4.78, 5) is 9.98. The molecule has 13 heavy (non-hydrogen) atoms. The SMILES string of the molecule is COc1ccc(C=CC=O)cc1F. The first-order chi connectivity index (χ1) is 6.27. The van der Waals surface area contributed by atoms with Gasteiger partial charge in [0.1, 0.15) is 6.29 Å². The van der Waals surface area contributed by atoms with Crippen LogP contribution in [0.5, 0.6) is 5.75 Å². The molecular weight excluding hydrogens is 171 g/mol. The summed E-state index contributed by atoms with van der Waals surface area (Å²) < 4.78 is 17.8. The van der Waals surface area contributed by atoms with Crippen LogP contribution in [-0.2, 0) is 4.79 Å². The van der Waals surface area contributed by atoms with Gasteiger partial charge in [-0.1, -0.05) is 12.1 Å². The van der Waals surface area contributed by atoms with Crippen LogP contribution in [-0.4, -0.2) is 13.4 Å². The Morgan fingerprint density at radius 1 is 1.46 bits per heavy atom. The van der Waals surface area contributed by atoms with Crippen LogP contribution < -0.4 is 4.74 Å². The molecule has 0 atom stereocenters. The lowest BCUT2D eigenvalue weighted by Gasteiger charge is -2.01. The molecule has 0 radical (unpaired) electrons. The van der Waals surface area contributed by atoms with Gasteiger partial charge in [0.25, 0.3) is 0 Å². The second kappa shape index (κ2) is 4.40. The van der Waals surface area contributed by atoms with E-state index >= 15 is 0 Å². The largest absolute Gasteiger partial charge is 0.494 e. The van der Waals surface area contributed by atoms with Crippen LogP contribution in [0.3, 0.4) is 0 Å². The van der Waals surface area contributed by atoms with E-state index in [1.54, 1.807) is 6.07 Å². The van der Waals surface area contributed by atoms with E-state index < -0.39 is 5.82 Å². The average molecular weight is 180 g/mol. The summed E-state index contributed by atoms with van der Waals surface area (Å²) in [7, 11) is 1.40. The van der Waals surface area contributed by atoms with E-state index in [-0.39, 0.29) is 5.75 Å². The number of carbonyl (C=O) groups excluding carboxylic acids is 1. The predicted octanol–water partition coefficient (Wildman–Crippen LogP) is 2.05. The Morgan fingerprint density at radius 3 is 2.77 bits per heavy atom. The minimum absolute atomic E-state index is 0.197. The Kier molecular flexibility index (Phi) is 3.20. The van der Waals surface area contributed by atoms with Crippen molar-refractivity contribution in [1.82, 2.24) is 0 Å². The van der Waals surface area contributed by atoms with Gasteiger partial charge in [-0.2, -0.15) is 0 Å². The van der Waals surface area contributed by atoms with Crippen LogP contribution >= 0.6 is 0 Å². The molecule has 0 saturated carbocycles. The number of hydrogen-bond acceptors (Lipinski definition) is 2. The molecule has 2 nitrogen and oxygen atoms in total. The highest BCUT2D eigenvalue weighted by atomic mass is 19.1. The summed E-state index contributed by atoms with van der Waals surface area (Å²) in [6, 6.07) is 4.49. The number of aldehydes is 1. The van der Waals surface area contributed by atoms with Crippen molar-refractivity contribution >= 4 is 12.4 Å². The van der Waals surface area contributed by atoms with Gasteiger partial charge in [0, 0.05) is 0 Å². The standard InChI is InChI=1S/C10H9FO2/c1-13-10-5-4-8(3-2-6-12)7-9(10)11/h2-7H,1H3. The van der Waals surface area contributed by atoms with Gasteiger partial charge in [0.05, 0.1) is 7.11 Å². The fraction of sp³-hybridized carbons (Fsp3) is 0.100. The highest BCUT2D eigenvalue weighted by Gasteiger charge is 2.00. The summed E-state index contributed by atoms with van der Waals surface area (Å²) in [5.41, 5.74) is 0.630. The first-order valence-electron chi connectivity index (χ1n) is 3.73. The monoisotopic (exact) mass is 180 g/mol. The zero-order valence-electron chi connectivity index (χ0n) is 7.16. The second-order valence-electron chi connectivity index (χ2n) is 2.39. The van der Waals surface area contributed by atoms with E-state index in [0.717, 1.165) is 0 Å². The molecule has 1 aromatic rings. The molecule has 1 rings (SSSR count). The normalized spacial score (nSPS) is 10.3. The second-order valence-corrected chi connectivity index (χ2v) is 2.39. The minimum atomic E-state index is -0.435. The summed E-state index contributed by atoms with van der Waals surface area (Å²) in [6.07, 6.45) is 3.47. The van der Waals surface area contributed by atoms with Crippen molar-refractivity contribution in [2.45, 2.75) is 0 Å². The lowest BCUT2D eigenvalue weighted by molar-refractivity contribution is -0.104. The molecule has 0 aliphatic carbocycles. The van der Waals surface area contributed by atoms with Crippen molar-refractivity contribution in [3.63, 3.8) is 0 Å². The van der Waals surface area contributed by atoms with Crippen molar-refractivity contribution in [3.05, 3.63) is 35.7 Å². The smallest absolute Gasteiger partial charge is 0.165 e. The average Bonchev–Trinajstić information content (AvgIpc) is 2.15. The Morgan fingerprint density at radius 2 is 2.23 bits per heavy atom. The molecule has 0 fully saturated rings. The summed E-state index contributed by atoms with van der Waals surface area (Å²) in [5, 5.41) is 0. The van der Waals surface area contributed by atoms with Crippen molar-refractivity contribution in [3.8, 4) is 5.75 Å². The minimum Gasteiger partial charge on any atom is -0.494 e. The Bertz CT molecular complexity index is 332. The van der Waals surface area contributed by atoms with Crippen LogP contribution in [0, 0.1) is 5.82 Å². The van der Waals surface area contributed by atoms with Gasteiger partial charge in [0.2, 0.25) is 0 Å². The van der Waals surface area contributed by atoms with Gasteiger partial charge in [-0.15, -0.1) is 0 Å². The van der Waals surface area contributed by atoms with Crippen LogP contribution in [0.15, 0.2) is 24.3 Å². The van der Waals surface area contributed by atoms with E-state index in [1.807, 2.05) is 0 Å². The van der Waals surface area contributed by atoms with Crippen LogP contribution in [0.2, 0.25) is 0 Å². The maximum Gasteiger partial charge on any atom is 0.165 e. The molecule has 0 aliphatic rings. The van der Waals surface area contributed by atoms with Gasteiger partial charge in [0.15, 0.2) is 11.6 Å². The zero-order valence-corrected chi connectivity index (χ0v) is 7.16. The van der Waals surface area contributed by atoms with E-state index in [2.05, 4.69) is 0 Å². The highest BCUT2D eigenvalue weighted by Crippen LogP contribution is 2.18. The first-order valence-corrected chi connectivity index (χ1v) is 3.73. The summed E-state index contributed by atoms with van der Waals surface area (Å²) in [6.45, 7) is 0. The van der Waals surface area contributed by atoms with Crippen LogP contribution in [0.1, 0.15) is 5.56 Å². The molecule has 0 spiro atoms. The fourth-order valence-electron chi connectivity index (χ4n) is 0.937. The van der Waals surface area contributed by atoms with Crippen LogP contribution in [0.4, 0.5) is 4.39 Å². The topological polar surface area (TPSA) is 26.3 Å². The zero-order chi connectivity index (χ0) is 9.68. The van der Waals surface area contributed by atoms with Gasteiger partial charge in [-0.3, -0.25) is 4.79 Å². The highest BCUT2D eigenvalue weighted by molar-refractivity contribution is 5.73. The number of benzene rings is 1. The molecule has 3 heteroatoms. The molecule has 0 amide bonds. The van der Waals surface area contributed by atoms with Gasteiger partial charge < -0.3 is 4.74 Å². The lowest BCUT2D eigenvalue weighted by Crippen LogP contribution is -1.87. The van der Waals surface area contributed by atoms with Crippen molar-refractivity contribution in [2.75, 3.05) is 7.11 Å². The van der Waals surface area contributed by atoms with Gasteiger partial charge in [-0.25, -0.2) is 4.39 Å². The molecule has 68 valence electrons. The Labute approximate surface area is 75.6 Å². The Balaban J connectivity index is 2.95. The molecule has 0 saturated heterocycles. The van der Waals surface area contributed by atoms with E-state index in [1.165, 1.54) is 31.4 Å². The fourth-order valence-corrected chi connectivity index (χ4v) is 0.937. The number of methoxy groups -OCH3 is 1. The predicted molar refractivity (Wildman–Crippen MR) is 48.1 cm³/mol. The van der Waals surface area contributed by atoms with Crippen LogP contribution in [0.25, 0.3) is 6.08 Å². The van der Waals surface area contributed by atoms with E-state index in [0.29, 0.717) is 11.8 Å².